The lowest BCUT2D eigenvalue weighted by Gasteiger charge is -2.10. The van der Waals surface area contributed by atoms with Crippen molar-refractivity contribution in [1.29, 1.82) is 0 Å². The minimum absolute atomic E-state index is 0.00216. The summed E-state index contributed by atoms with van der Waals surface area (Å²) in [6, 6.07) is 12.2. The minimum atomic E-state index is -4.51. The van der Waals surface area contributed by atoms with E-state index < -0.39 is 27.7 Å². The number of ether oxygens (including phenoxy) is 3. The van der Waals surface area contributed by atoms with Gasteiger partial charge in [-0.25, -0.2) is 13.1 Å². The van der Waals surface area contributed by atoms with Gasteiger partial charge in [-0.1, -0.05) is 6.07 Å². The fourth-order valence-corrected chi connectivity index (χ4v) is 4.21. The maximum atomic E-state index is 12.9. The first-order valence-electron chi connectivity index (χ1n) is 11.2. The summed E-state index contributed by atoms with van der Waals surface area (Å²) in [5.41, 5.74) is -0.573. The molecule has 2 aromatic heterocycles. The maximum absolute atomic E-state index is 12.9. The highest BCUT2D eigenvalue weighted by molar-refractivity contribution is 7.92. The third-order valence-electron chi connectivity index (χ3n) is 5.13. The van der Waals surface area contributed by atoms with E-state index in [0.717, 1.165) is 12.1 Å². The molecule has 0 radical (unpaired) electrons. The topological polar surface area (TPSA) is 147 Å². The van der Waals surface area contributed by atoms with Gasteiger partial charge in [0.1, 0.15) is 5.75 Å². The van der Waals surface area contributed by atoms with Gasteiger partial charge in [-0.3, -0.25) is 9.52 Å². The Labute approximate surface area is 225 Å². The lowest BCUT2D eigenvalue weighted by molar-refractivity contribution is -0.137. The van der Waals surface area contributed by atoms with E-state index in [4.69, 9.17) is 14.2 Å². The molecule has 16 heteroatoms. The molecule has 4 rings (SSSR count). The lowest BCUT2D eigenvalue weighted by Crippen LogP contribution is -2.16. The van der Waals surface area contributed by atoms with Gasteiger partial charge in [0.05, 0.1) is 24.7 Å². The Kier molecular flexibility index (Phi) is 8.08. The van der Waals surface area contributed by atoms with Crippen LogP contribution in [0, 0.1) is 0 Å². The van der Waals surface area contributed by atoms with E-state index in [2.05, 4.69) is 25.1 Å². The molecule has 0 aliphatic rings. The van der Waals surface area contributed by atoms with Crippen LogP contribution in [0.4, 0.5) is 24.7 Å². The van der Waals surface area contributed by atoms with Crippen LogP contribution in [0.15, 0.2) is 71.8 Å². The van der Waals surface area contributed by atoms with Crippen LogP contribution in [0.1, 0.15) is 16.1 Å². The zero-order chi connectivity index (χ0) is 28.9. The Morgan fingerprint density at radius 3 is 2.42 bits per heavy atom. The molecular weight excluding hydrogens is 557 g/mol. The number of carbonyl (C=O) groups excluding carboxylic acids is 1. The van der Waals surface area contributed by atoms with Crippen LogP contribution in [0.3, 0.4) is 0 Å². The first-order chi connectivity index (χ1) is 19.0. The second kappa shape index (κ2) is 11.5. The predicted molar refractivity (Wildman–Crippen MR) is 135 cm³/mol. The number of anilines is 2. The molecule has 40 heavy (non-hydrogen) atoms. The van der Waals surface area contributed by atoms with Crippen LogP contribution in [0.25, 0.3) is 0 Å². The number of amides is 1. The third-order valence-corrected chi connectivity index (χ3v) is 6.50. The molecule has 4 aromatic rings. The van der Waals surface area contributed by atoms with Crippen molar-refractivity contribution >= 4 is 27.4 Å². The molecule has 0 bridgehead atoms. The summed E-state index contributed by atoms with van der Waals surface area (Å²) in [5.74, 6) is -0.605. The van der Waals surface area contributed by atoms with Gasteiger partial charge in [-0.2, -0.15) is 28.2 Å². The quantitative estimate of drug-likeness (QED) is 0.287. The Hall–Kier alpha value is -4.86. The van der Waals surface area contributed by atoms with E-state index in [9.17, 15) is 26.4 Å². The van der Waals surface area contributed by atoms with E-state index in [1.807, 2.05) is 0 Å². The van der Waals surface area contributed by atoms with E-state index in [-0.39, 0.29) is 46.5 Å². The smallest absolute Gasteiger partial charge is 0.416 e. The average molecular weight is 579 g/mol. The summed E-state index contributed by atoms with van der Waals surface area (Å²) >= 11 is 0. The molecule has 0 spiro atoms. The van der Waals surface area contributed by atoms with Gasteiger partial charge in [0.2, 0.25) is 5.88 Å². The standard InChI is InChI=1S/C24H21F3N6O6S/c1-37-21-13-20(29-23(30-21)38-2)32-40(35,36)18-8-6-16(7-9-18)28-22(34)19-10-11-33(31-19)14-39-17-5-3-4-15(12-17)24(25,26)27/h3-13H,14H2,1-2H3,(H,28,34)(H,29,30,32). The molecule has 0 aliphatic heterocycles. The fraction of sp³-hybridized carbons (Fsp3) is 0.167. The van der Waals surface area contributed by atoms with Crippen LogP contribution in [-0.4, -0.2) is 48.3 Å². The Morgan fingerprint density at radius 1 is 1.00 bits per heavy atom. The average Bonchev–Trinajstić information content (AvgIpc) is 3.41. The zero-order valence-electron chi connectivity index (χ0n) is 20.8. The van der Waals surface area contributed by atoms with Gasteiger partial charge in [0.25, 0.3) is 15.9 Å². The van der Waals surface area contributed by atoms with Gasteiger partial charge in [0, 0.05) is 18.0 Å². The highest BCUT2D eigenvalue weighted by Crippen LogP contribution is 2.31. The number of benzene rings is 2. The first-order valence-corrected chi connectivity index (χ1v) is 12.7. The highest BCUT2D eigenvalue weighted by Gasteiger charge is 2.30. The third kappa shape index (κ3) is 6.96. The van der Waals surface area contributed by atoms with Gasteiger partial charge in [-0.15, -0.1) is 0 Å². The number of hydrogen-bond donors (Lipinski definition) is 2. The van der Waals surface area contributed by atoms with Crippen molar-refractivity contribution in [3.8, 4) is 17.6 Å². The van der Waals surface area contributed by atoms with Crippen molar-refractivity contribution < 1.29 is 40.6 Å². The number of halogens is 3. The summed E-state index contributed by atoms with van der Waals surface area (Å²) in [6.07, 6.45) is -3.09. The normalized spacial score (nSPS) is 11.5. The summed E-state index contributed by atoms with van der Waals surface area (Å²) in [5, 5.41) is 6.62. The molecule has 0 fully saturated rings. The largest absolute Gasteiger partial charge is 0.481 e. The van der Waals surface area contributed by atoms with E-state index >= 15 is 0 Å². The van der Waals surface area contributed by atoms with Crippen LogP contribution >= 0.6 is 0 Å². The number of carbonyl (C=O) groups is 1. The van der Waals surface area contributed by atoms with Crippen molar-refractivity contribution in [3.63, 3.8) is 0 Å². The fourth-order valence-electron chi connectivity index (χ4n) is 3.22. The summed E-state index contributed by atoms with van der Waals surface area (Å²) < 4.78 is 82.9. The van der Waals surface area contributed by atoms with Crippen LogP contribution < -0.4 is 24.2 Å². The second-order valence-electron chi connectivity index (χ2n) is 7.91. The Balaban J connectivity index is 1.37. The zero-order valence-corrected chi connectivity index (χ0v) is 21.7. The molecule has 0 saturated carbocycles. The molecule has 0 aliphatic carbocycles. The molecule has 1 amide bonds. The minimum Gasteiger partial charge on any atom is -0.481 e. The number of nitrogens with zero attached hydrogens (tertiary/aromatic N) is 4. The number of methoxy groups -OCH3 is 2. The molecule has 0 atom stereocenters. The maximum Gasteiger partial charge on any atom is 0.416 e. The van der Waals surface area contributed by atoms with Crippen molar-refractivity contribution in [1.82, 2.24) is 19.7 Å². The number of aromatic nitrogens is 4. The van der Waals surface area contributed by atoms with Crippen LogP contribution in [0.2, 0.25) is 0 Å². The van der Waals surface area contributed by atoms with Crippen molar-refractivity contribution in [2.45, 2.75) is 17.8 Å². The number of nitrogens with one attached hydrogen (secondary N) is 2. The summed E-state index contributed by atoms with van der Waals surface area (Å²) in [4.78, 5) is 20.3. The molecule has 2 N–H and O–H groups in total. The Bertz CT molecular complexity index is 1590. The Morgan fingerprint density at radius 2 is 1.75 bits per heavy atom. The van der Waals surface area contributed by atoms with Gasteiger partial charge in [0.15, 0.2) is 18.2 Å². The molecule has 12 nitrogen and oxygen atoms in total. The van der Waals surface area contributed by atoms with E-state index in [0.29, 0.717) is 0 Å². The van der Waals surface area contributed by atoms with Crippen molar-refractivity contribution in [2.75, 3.05) is 24.3 Å². The van der Waals surface area contributed by atoms with Crippen molar-refractivity contribution in [3.05, 3.63) is 78.1 Å². The summed E-state index contributed by atoms with van der Waals surface area (Å²) in [7, 11) is -1.38. The van der Waals surface area contributed by atoms with E-state index in [1.54, 1.807) is 0 Å². The molecule has 210 valence electrons. The van der Waals surface area contributed by atoms with Crippen LogP contribution in [0.5, 0.6) is 17.6 Å². The molecule has 0 unspecified atom stereocenters. The first kappa shape index (κ1) is 28.2. The monoisotopic (exact) mass is 578 g/mol. The SMILES string of the molecule is COc1cc(NS(=O)(=O)c2ccc(NC(=O)c3ccn(COc4cccc(C(F)(F)F)c4)n3)cc2)nc(OC)n1. The van der Waals surface area contributed by atoms with Gasteiger partial charge >= 0.3 is 12.2 Å². The molecule has 2 heterocycles. The van der Waals surface area contributed by atoms with E-state index in [1.165, 1.54) is 73.6 Å². The molecular formula is C24H21F3N6O6S. The second-order valence-corrected chi connectivity index (χ2v) is 9.59. The molecule has 2 aromatic carbocycles. The van der Waals surface area contributed by atoms with Gasteiger partial charge < -0.3 is 19.5 Å². The number of rotatable bonds is 10. The van der Waals surface area contributed by atoms with Gasteiger partial charge in [-0.05, 0) is 48.5 Å². The summed E-state index contributed by atoms with van der Waals surface area (Å²) in [6.45, 7) is -0.238. The van der Waals surface area contributed by atoms with Crippen molar-refractivity contribution in [2.24, 2.45) is 0 Å². The number of hydrogen-bond acceptors (Lipinski definition) is 9. The molecule has 0 saturated heterocycles. The predicted octanol–water partition coefficient (Wildman–Crippen LogP) is 3.80. The number of alkyl halides is 3. The number of sulfonamides is 1. The lowest BCUT2D eigenvalue weighted by atomic mass is 10.2. The highest BCUT2D eigenvalue weighted by atomic mass is 32.2. The van der Waals surface area contributed by atoms with Crippen LogP contribution in [-0.2, 0) is 22.9 Å².